The molecule has 0 saturated carbocycles. The molecule has 0 radical (unpaired) electrons. The molecule has 0 unspecified atom stereocenters. The monoisotopic (exact) mass is 361 g/mol. The van der Waals surface area contributed by atoms with Crippen LogP contribution in [0.4, 0.5) is 5.69 Å². The number of anilines is 1. The zero-order chi connectivity index (χ0) is 19.1. The Labute approximate surface area is 149 Å². The molecule has 1 aliphatic rings. The standard InChI is InChI=1S/C17H19N3O6/c1-18-13(22)8-20(2)14(23)10-26-17(24)15-12(21)9-25-16(15)19-11-6-4-3-5-7-11/h3-7,19H,8-10H2,1-2H3,(H,18,22). The number of benzene rings is 1. The van der Waals surface area contributed by atoms with Crippen LogP contribution in [-0.2, 0) is 28.7 Å². The zero-order valence-electron chi connectivity index (χ0n) is 14.4. The smallest absolute Gasteiger partial charge is 0.347 e. The Bertz CT molecular complexity index is 744. The molecule has 9 nitrogen and oxygen atoms in total. The van der Waals surface area contributed by atoms with Crippen molar-refractivity contribution >= 4 is 29.3 Å². The van der Waals surface area contributed by atoms with Gasteiger partial charge in [-0.2, -0.15) is 0 Å². The minimum Gasteiger partial charge on any atom is -0.470 e. The molecule has 2 N–H and O–H groups in total. The van der Waals surface area contributed by atoms with Crippen LogP contribution in [0.3, 0.4) is 0 Å². The lowest BCUT2D eigenvalue weighted by molar-refractivity contribution is -0.149. The Morgan fingerprint density at radius 1 is 1.23 bits per heavy atom. The lowest BCUT2D eigenvalue weighted by Gasteiger charge is -2.16. The van der Waals surface area contributed by atoms with Crippen LogP contribution >= 0.6 is 0 Å². The number of carbonyl (C=O) groups is 4. The molecule has 9 heteroatoms. The van der Waals surface area contributed by atoms with Gasteiger partial charge in [0.25, 0.3) is 5.91 Å². The van der Waals surface area contributed by atoms with E-state index in [1.165, 1.54) is 14.1 Å². The van der Waals surface area contributed by atoms with Gasteiger partial charge in [-0.1, -0.05) is 18.2 Å². The second-order valence-corrected chi connectivity index (χ2v) is 5.41. The second kappa shape index (κ2) is 8.65. The van der Waals surface area contributed by atoms with E-state index >= 15 is 0 Å². The van der Waals surface area contributed by atoms with Crippen molar-refractivity contribution in [2.24, 2.45) is 0 Å². The van der Waals surface area contributed by atoms with E-state index in [1.54, 1.807) is 24.3 Å². The summed E-state index contributed by atoms with van der Waals surface area (Å²) in [6.07, 6.45) is 0. The fraction of sp³-hybridized carbons (Fsp3) is 0.294. The number of esters is 1. The summed E-state index contributed by atoms with van der Waals surface area (Å²) >= 11 is 0. The zero-order valence-corrected chi connectivity index (χ0v) is 14.4. The molecule has 1 heterocycles. The number of hydrogen-bond donors (Lipinski definition) is 2. The number of carbonyl (C=O) groups excluding carboxylic acids is 4. The van der Waals surface area contributed by atoms with Gasteiger partial charge in [-0.25, -0.2) is 4.79 Å². The second-order valence-electron chi connectivity index (χ2n) is 5.41. The Morgan fingerprint density at radius 2 is 1.92 bits per heavy atom. The maximum Gasteiger partial charge on any atom is 0.347 e. The molecule has 0 saturated heterocycles. The lowest BCUT2D eigenvalue weighted by Crippen LogP contribution is -2.39. The number of rotatable bonds is 7. The van der Waals surface area contributed by atoms with E-state index in [1.807, 2.05) is 6.07 Å². The van der Waals surface area contributed by atoms with Gasteiger partial charge < -0.3 is 25.0 Å². The molecule has 0 aliphatic carbocycles. The highest BCUT2D eigenvalue weighted by atomic mass is 16.5. The molecule has 0 aromatic heterocycles. The highest BCUT2D eigenvalue weighted by Crippen LogP contribution is 2.20. The topological polar surface area (TPSA) is 114 Å². The highest BCUT2D eigenvalue weighted by Gasteiger charge is 2.33. The van der Waals surface area contributed by atoms with Crippen LogP contribution in [0.1, 0.15) is 0 Å². The van der Waals surface area contributed by atoms with Gasteiger partial charge >= 0.3 is 5.97 Å². The van der Waals surface area contributed by atoms with Gasteiger partial charge in [0.05, 0.1) is 6.54 Å². The summed E-state index contributed by atoms with van der Waals surface area (Å²) in [4.78, 5) is 48.3. The maximum absolute atomic E-state index is 12.2. The molecule has 1 aromatic carbocycles. The van der Waals surface area contributed by atoms with Crippen molar-refractivity contribution in [3.8, 4) is 0 Å². The highest BCUT2D eigenvalue weighted by molar-refractivity contribution is 6.20. The first-order valence-corrected chi connectivity index (χ1v) is 7.76. The summed E-state index contributed by atoms with van der Waals surface area (Å²) in [6.45, 7) is -1.05. The molecule has 0 atom stereocenters. The number of para-hydroxylation sites is 1. The van der Waals surface area contributed by atoms with Crippen LogP contribution in [0.15, 0.2) is 41.8 Å². The first kappa shape index (κ1) is 19.0. The summed E-state index contributed by atoms with van der Waals surface area (Å²) in [5.74, 6) is -2.46. The van der Waals surface area contributed by atoms with Crippen LogP contribution in [0.5, 0.6) is 0 Å². The maximum atomic E-state index is 12.2. The molecule has 0 spiro atoms. The summed E-state index contributed by atoms with van der Waals surface area (Å²) in [6, 6.07) is 8.84. The van der Waals surface area contributed by atoms with Crippen molar-refractivity contribution in [2.45, 2.75) is 0 Å². The Morgan fingerprint density at radius 3 is 2.58 bits per heavy atom. The fourth-order valence-corrected chi connectivity index (χ4v) is 2.06. The van der Waals surface area contributed by atoms with E-state index in [-0.39, 0.29) is 30.5 Å². The number of Topliss-reactive ketones (excluding diaryl/α,β-unsaturated/α-hetero) is 1. The average Bonchev–Trinajstić information content (AvgIpc) is 3.00. The van der Waals surface area contributed by atoms with Gasteiger partial charge in [0.1, 0.15) is 0 Å². The largest absolute Gasteiger partial charge is 0.470 e. The molecule has 2 amide bonds. The molecule has 26 heavy (non-hydrogen) atoms. The van der Waals surface area contributed by atoms with Crippen molar-refractivity contribution in [3.63, 3.8) is 0 Å². The first-order valence-electron chi connectivity index (χ1n) is 7.76. The van der Waals surface area contributed by atoms with E-state index in [4.69, 9.17) is 9.47 Å². The van der Waals surface area contributed by atoms with Gasteiger partial charge in [-0.15, -0.1) is 0 Å². The van der Waals surface area contributed by atoms with E-state index in [2.05, 4.69) is 10.6 Å². The number of nitrogens with zero attached hydrogens (tertiary/aromatic N) is 1. The van der Waals surface area contributed by atoms with Crippen LogP contribution in [0.2, 0.25) is 0 Å². The Balaban J connectivity index is 1.99. The normalized spacial score (nSPS) is 13.1. The lowest BCUT2D eigenvalue weighted by atomic mass is 10.2. The van der Waals surface area contributed by atoms with Crippen molar-refractivity contribution in [3.05, 3.63) is 41.8 Å². The van der Waals surface area contributed by atoms with E-state index < -0.39 is 24.3 Å². The molecule has 2 rings (SSSR count). The summed E-state index contributed by atoms with van der Waals surface area (Å²) < 4.78 is 10.1. The molecule has 0 fully saturated rings. The predicted octanol–water partition coefficient (Wildman–Crippen LogP) is -0.343. The minimum absolute atomic E-state index is 0.0163. The van der Waals surface area contributed by atoms with Crippen LogP contribution < -0.4 is 10.6 Å². The Hall–Kier alpha value is -3.36. The van der Waals surface area contributed by atoms with Crippen molar-refractivity contribution in [2.75, 3.05) is 39.2 Å². The van der Waals surface area contributed by atoms with Crippen molar-refractivity contribution in [1.82, 2.24) is 10.2 Å². The number of ether oxygens (including phenoxy) is 2. The summed E-state index contributed by atoms with van der Waals surface area (Å²) in [5.41, 5.74) is 0.347. The van der Waals surface area contributed by atoms with E-state index in [0.29, 0.717) is 5.69 Å². The molecule has 138 valence electrons. The number of hydrogen-bond acceptors (Lipinski definition) is 7. The fourth-order valence-electron chi connectivity index (χ4n) is 2.06. The quantitative estimate of drug-likeness (QED) is 0.504. The molecule has 1 aromatic rings. The summed E-state index contributed by atoms with van der Waals surface area (Å²) in [7, 11) is 2.84. The predicted molar refractivity (Wildman–Crippen MR) is 90.7 cm³/mol. The van der Waals surface area contributed by atoms with Crippen molar-refractivity contribution in [1.29, 1.82) is 0 Å². The first-order chi connectivity index (χ1) is 12.4. The van der Waals surface area contributed by atoms with Crippen molar-refractivity contribution < 1.29 is 28.7 Å². The van der Waals surface area contributed by atoms with Crippen LogP contribution in [0.25, 0.3) is 0 Å². The average molecular weight is 361 g/mol. The van der Waals surface area contributed by atoms with E-state index in [9.17, 15) is 19.2 Å². The van der Waals surface area contributed by atoms with Gasteiger partial charge in [0, 0.05) is 19.8 Å². The third-order valence-corrected chi connectivity index (χ3v) is 3.50. The Kier molecular flexibility index (Phi) is 6.31. The SMILES string of the molecule is CNC(=O)CN(C)C(=O)COC(=O)C1=C(Nc2ccccc2)OCC1=O. The van der Waals surface area contributed by atoms with Crippen LogP contribution in [0, 0.1) is 0 Å². The third-order valence-electron chi connectivity index (χ3n) is 3.50. The van der Waals surface area contributed by atoms with E-state index in [0.717, 1.165) is 4.90 Å². The number of amides is 2. The minimum atomic E-state index is -0.965. The molecular formula is C17H19N3O6. The third kappa shape index (κ3) is 4.82. The number of likely N-dealkylation sites (N-methyl/N-ethyl adjacent to an activating group) is 2. The summed E-state index contributed by atoms with van der Waals surface area (Å²) in [5, 5.41) is 5.21. The number of ketones is 1. The van der Waals surface area contributed by atoms with Crippen LogP contribution in [-0.4, -0.2) is 62.3 Å². The van der Waals surface area contributed by atoms with Gasteiger partial charge in [-0.3, -0.25) is 14.4 Å². The molecular weight excluding hydrogens is 342 g/mol. The van der Waals surface area contributed by atoms with Gasteiger partial charge in [-0.05, 0) is 12.1 Å². The molecule has 0 bridgehead atoms. The molecule has 1 aliphatic heterocycles. The number of nitrogens with one attached hydrogen (secondary N) is 2. The van der Waals surface area contributed by atoms with Gasteiger partial charge in [0.2, 0.25) is 17.6 Å². The van der Waals surface area contributed by atoms with Gasteiger partial charge in [0.15, 0.2) is 18.8 Å².